The summed E-state index contributed by atoms with van der Waals surface area (Å²) in [4.78, 5) is 25.7. The number of ether oxygens (including phenoxy) is 1. The van der Waals surface area contributed by atoms with Crippen molar-refractivity contribution in [2.75, 3.05) is 33.4 Å². The zero-order valence-electron chi connectivity index (χ0n) is 13.5. The van der Waals surface area contributed by atoms with E-state index in [9.17, 15) is 14.7 Å². The van der Waals surface area contributed by atoms with Crippen LogP contribution in [-0.2, 0) is 14.3 Å². The number of carbonyl (C=O) groups is 2. The van der Waals surface area contributed by atoms with Gasteiger partial charge in [-0.2, -0.15) is 0 Å². The van der Waals surface area contributed by atoms with Crippen molar-refractivity contribution in [1.82, 2.24) is 10.2 Å². The topological polar surface area (TPSA) is 78.9 Å². The van der Waals surface area contributed by atoms with Crippen molar-refractivity contribution in [3.63, 3.8) is 0 Å². The summed E-state index contributed by atoms with van der Waals surface area (Å²) in [6, 6.07) is 0.390. The zero-order chi connectivity index (χ0) is 16.0. The van der Waals surface area contributed by atoms with Crippen molar-refractivity contribution >= 4 is 11.9 Å². The van der Waals surface area contributed by atoms with Crippen LogP contribution in [0.3, 0.4) is 0 Å². The summed E-state index contributed by atoms with van der Waals surface area (Å²) in [6.07, 6.45) is 5.65. The Kier molecular flexibility index (Phi) is 6.20. The van der Waals surface area contributed by atoms with Crippen molar-refractivity contribution in [3.8, 4) is 0 Å². The molecule has 0 spiro atoms. The van der Waals surface area contributed by atoms with E-state index in [1.807, 2.05) is 0 Å². The molecule has 1 saturated heterocycles. The Morgan fingerprint density at radius 2 is 2.18 bits per heavy atom. The second kappa shape index (κ2) is 7.92. The first-order valence-electron chi connectivity index (χ1n) is 8.30. The van der Waals surface area contributed by atoms with Gasteiger partial charge >= 0.3 is 5.97 Å². The molecule has 6 heteroatoms. The third kappa shape index (κ3) is 4.95. The number of carbonyl (C=O) groups excluding carboxylic acids is 1. The van der Waals surface area contributed by atoms with Gasteiger partial charge in [0.15, 0.2) is 0 Å². The Balaban J connectivity index is 1.81. The fourth-order valence-electron chi connectivity index (χ4n) is 3.25. The van der Waals surface area contributed by atoms with Crippen LogP contribution in [-0.4, -0.2) is 61.3 Å². The summed E-state index contributed by atoms with van der Waals surface area (Å²) in [5.74, 6) is -0.621. The molecule has 2 aliphatic rings. The molecule has 0 aromatic heterocycles. The maximum Gasteiger partial charge on any atom is 0.310 e. The van der Waals surface area contributed by atoms with Crippen LogP contribution in [0.1, 0.15) is 44.9 Å². The zero-order valence-corrected chi connectivity index (χ0v) is 13.5. The Bertz CT molecular complexity index is 398. The van der Waals surface area contributed by atoms with E-state index in [0.717, 1.165) is 38.6 Å². The van der Waals surface area contributed by atoms with Crippen LogP contribution in [0.5, 0.6) is 0 Å². The highest BCUT2D eigenvalue weighted by Crippen LogP contribution is 2.35. The molecule has 0 aromatic rings. The number of hydrogen-bond acceptors (Lipinski definition) is 4. The molecule has 1 aliphatic heterocycles. The number of carboxylic acids is 1. The summed E-state index contributed by atoms with van der Waals surface area (Å²) in [7, 11) is 1.64. The summed E-state index contributed by atoms with van der Waals surface area (Å²) in [6.45, 7) is 2.68. The summed E-state index contributed by atoms with van der Waals surface area (Å²) in [5, 5.41) is 12.6. The predicted molar refractivity (Wildman–Crippen MR) is 82.6 cm³/mol. The van der Waals surface area contributed by atoms with Gasteiger partial charge in [-0.1, -0.05) is 0 Å². The lowest BCUT2D eigenvalue weighted by Crippen LogP contribution is -2.48. The van der Waals surface area contributed by atoms with Crippen LogP contribution in [0.15, 0.2) is 0 Å². The van der Waals surface area contributed by atoms with Crippen molar-refractivity contribution in [1.29, 1.82) is 0 Å². The predicted octanol–water partition coefficient (Wildman–Crippen LogP) is 1.25. The van der Waals surface area contributed by atoms with Crippen molar-refractivity contribution in [3.05, 3.63) is 0 Å². The van der Waals surface area contributed by atoms with Gasteiger partial charge in [0.25, 0.3) is 0 Å². The highest BCUT2D eigenvalue weighted by atomic mass is 16.5. The smallest absolute Gasteiger partial charge is 0.310 e. The Morgan fingerprint density at radius 1 is 1.41 bits per heavy atom. The minimum Gasteiger partial charge on any atom is -0.481 e. The molecule has 126 valence electrons. The van der Waals surface area contributed by atoms with Gasteiger partial charge in [0.1, 0.15) is 0 Å². The van der Waals surface area contributed by atoms with Gasteiger partial charge in [0.2, 0.25) is 5.91 Å². The molecule has 1 atom stereocenters. The average molecular weight is 312 g/mol. The van der Waals surface area contributed by atoms with E-state index < -0.39 is 11.4 Å². The van der Waals surface area contributed by atoms with E-state index in [0.29, 0.717) is 38.6 Å². The third-order valence-electron chi connectivity index (χ3n) is 4.71. The first-order valence-corrected chi connectivity index (χ1v) is 8.30. The molecule has 2 rings (SSSR count). The van der Waals surface area contributed by atoms with Crippen LogP contribution in [0.25, 0.3) is 0 Å². The Morgan fingerprint density at radius 3 is 2.82 bits per heavy atom. The number of methoxy groups -OCH3 is 1. The SMILES string of the molecule is COCCCC1(C(=O)O)CCCN(CCC(=O)NC2CC2)C1. The maximum atomic E-state index is 11.8. The Labute approximate surface area is 132 Å². The largest absolute Gasteiger partial charge is 0.481 e. The van der Waals surface area contributed by atoms with Gasteiger partial charge in [-0.15, -0.1) is 0 Å². The molecular weight excluding hydrogens is 284 g/mol. The number of likely N-dealkylation sites (tertiary alicyclic amines) is 1. The molecule has 1 unspecified atom stereocenters. The van der Waals surface area contributed by atoms with Crippen molar-refractivity contribution in [2.45, 2.75) is 51.0 Å². The highest BCUT2D eigenvalue weighted by Gasteiger charge is 2.41. The van der Waals surface area contributed by atoms with Crippen LogP contribution in [0.2, 0.25) is 0 Å². The van der Waals surface area contributed by atoms with E-state index in [1.165, 1.54) is 0 Å². The first kappa shape index (κ1) is 17.2. The number of amides is 1. The third-order valence-corrected chi connectivity index (χ3v) is 4.71. The lowest BCUT2D eigenvalue weighted by Gasteiger charge is -2.40. The van der Waals surface area contributed by atoms with Crippen LogP contribution < -0.4 is 5.32 Å². The lowest BCUT2D eigenvalue weighted by atomic mass is 9.76. The molecule has 1 amide bonds. The lowest BCUT2D eigenvalue weighted by molar-refractivity contribution is -0.153. The summed E-state index contributed by atoms with van der Waals surface area (Å²) < 4.78 is 5.05. The van der Waals surface area contributed by atoms with E-state index in [4.69, 9.17) is 4.74 Å². The van der Waals surface area contributed by atoms with Crippen molar-refractivity contribution in [2.24, 2.45) is 5.41 Å². The van der Waals surface area contributed by atoms with Gasteiger partial charge in [-0.05, 0) is 45.1 Å². The molecule has 1 heterocycles. The van der Waals surface area contributed by atoms with E-state index in [1.54, 1.807) is 7.11 Å². The second-order valence-corrected chi connectivity index (χ2v) is 6.65. The van der Waals surface area contributed by atoms with Crippen LogP contribution >= 0.6 is 0 Å². The minimum atomic E-state index is -0.712. The van der Waals surface area contributed by atoms with E-state index in [-0.39, 0.29) is 5.91 Å². The quantitative estimate of drug-likeness (QED) is 0.626. The molecule has 6 nitrogen and oxygen atoms in total. The van der Waals surface area contributed by atoms with Gasteiger partial charge in [0.05, 0.1) is 5.41 Å². The summed E-state index contributed by atoms with van der Waals surface area (Å²) >= 11 is 0. The second-order valence-electron chi connectivity index (χ2n) is 6.65. The normalized spacial score (nSPS) is 25.9. The van der Waals surface area contributed by atoms with E-state index >= 15 is 0 Å². The number of nitrogens with zero attached hydrogens (tertiary/aromatic N) is 1. The molecule has 2 fully saturated rings. The molecule has 0 bridgehead atoms. The molecule has 22 heavy (non-hydrogen) atoms. The fourth-order valence-corrected chi connectivity index (χ4v) is 3.25. The molecule has 0 aromatic carbocycles. The highest BCUT2D eigenvalue weighted by molar-refractivity contribution is 5.77. The standard InChI is InChI=1S/C16H28N2O4/c1-22-11-3-8-16(15(20)21)7-2-9-18(12-16)10-6-14(19)17-13-4-5-13/h13H,2-12H2,1H3,(H,17,19)(H,20,21). The molecular formula is C16H28N2O4. The monoisotopic (exact) mass is 312 g/mol. The fraction of sp³-hybridized carbons (Fsp3) is 0.875. The van der Waals surface area contributed by atoms with E-state index in [2.05, 4.69) is 10.2 Å². The molecule has 1 aliphatic carbocycles. The number of carboxylic acid groups (broad SMARTS) is 1. The average Bonchev–Trinajstić information content (AvgIpc) is 3.29. The Hall–Kier alpha value is -1.14. The molecule has 1 saturated carbocycles. The van der Waals surface area contributed by atoms with Crippen LogP contribution in [0.4, 0.5) is 0 Å². The first-order chi connectivity index (χ1) is 10.6. The van der Waals surface area contributed by atoms with Gasteiger partial charge in [-0.25, -0.2) is 0 Å². The van der Waals surface area contributed by atoms with Gasteiger partial charge in [0, 0.05) is 39.3 Å². The number of piperidine rings is 1. The van der Waals surface area contributed by atoms with Gasteiger partial charge in [-0.3, -0.25) is 9.59 Å². The molecule has 2 N–H and O–H groups in total. The summed E-state index contributed by atoms with van der Waals surface area (Å²) in [5.41, 5.74) is -0.677. The number of aliphatic carboxylic acids is 1. The maximum absolute atomic E-state index is 11.8. The molecule has 0 radical (unpaired) electrons. The van der Waals surface area contributed by atoms with Gasteiger partial charge < -0.3 is 20.1 Å². The minimum absolute atomic E-state index is 0.0911. The van der Waals surface area contributed by atoms with Crippen LogP contribution in [0, 0.1) is 5.41 Å². The number of nitrogens with one attached hydrogen (secondary N) is 1. The number of hydrogen-bond donors (Lipinski definition) is 2. The van der Waals surface area contributed by atoms with Crippen molar-refractivity contribution < 1.29 is 19.4 Å². The number of rotatable bonds is 9.